The predicted molar refractivity (Wildman–Crippen MR) is 83.2 cm³/mol. The van der Waals surface area contributed by atoms with E-state index in [1.54, 1.807) is 0 Å². The summed E-state index contributed by atoms with van der Waals surface area (Å²) in [4.78, 5) is 0. The van der Waals surface area contributed by atoms with Gasteiger partial charge < -0.3 is 4.74 Å². The molecule has 0 unspecified atom stereocenters. The minimum Gasteiger partial charge on any atom is -0.456 e. The van der Waals surface area contributed by atoms with Gasteiger partial charge in [0.25, 0.3) is 0 Å². The highest BCUT2D eigenvalue weighted by molar-refractivity contribution is 14.1. The lowest BCUT2D eigenvalue weighted by atomic mass is 10.1. The van der Waals surface area contributed by atoms with Crippen molar-refractivity contribution in [1.29, 1.82) is 0 Å². The second kappa shape index (κ2) is 4.98. The van der Waals surface area contributed by atoms with Crippen LogP contribution in [0.3, 0.4) is 0 Å². The smallest absolute Gasteiger partial charge is 0.140 e. The number of benzene rings is 3. The molecule has 1 nitrogen and oxygen atoms in total. The van der Waals surface area contributed by atoms with E-state index in [0.717, 1.165) is 15.1 Å². The predicted octanol–water partition coefficient (Wildman–Crippen LogP) is 5.24. The van der Waals surface area contributed by atoms with Crippen LogP contribution < -0.4 is 4.74 Å². The zero-order valence-corrected chi connectivity index (χ0v) is 11.8. The molecule has 0 aliphatic heterocycles. The molecule has 0 spiro atoms. The van der Waals surface area contributed by atoms with Gasteiger partial charge in [0.2, 0.25) is 0 Å². The third kappa shape index (κ3) is 2.34. The first-order valence-corrected chi connectivity index (χ1v) is 6.82. The fraction of sp³-hybridized carbons (Fsp3) is 0. The molecular formula is C16H11IO. The molecule has 3 rings (SSSR count). The van der Waals surface area contributed by atoms with Gasteiger partial charge in [-0.05, 0) is 57.6 Å². The first kappa shape index (κ1) is 11.5. The molecule has 18 heavy (non-hydrogen) atoms. The van der Waals surface area contributed by atoms with Crippen molar-refractivity contribution in [3.8, 4) is 11.5 Å². The molecule has 0 radical (unpaired) electrons. The summed E-state index contributed by atoms with van der Waals surface area (Å²) in [5.74, 6) is 1.77. The van der Waals surface area contributed by atoms with Gasteiger partial charge in [0.1, 0.15) is 11.5 Å². The Morgan fingerprint density at radius 2 is 1.44 bits per heavy atom. The van der Waals surface area contributed by atoms with E-state index in [1.807, 2.05) is 42.5 Å². The van der Waals surface area contributed by atoms with Crippen LogP contribution in [0.1, 0.15) is 0 Å². The van der Waals surface area contributed by atoms with Crippen LogP contribution in [0.2, 0.25) is 0 Å². The molecule has 3 aromatic rings. The Hall–Kier alpha value is -1.55. The van der Waals surface area contributed by atoms with E-state index in [1.165, 1.54) is 10.8 Å². The average molecular weight is 346 g/mol. The Morgan fingerprint density at radius 3 is 2.28 bits per heavy atom. The number of ether oxygens (including phenoxy) is 1. The quantitative estimate of drug-likeness (QED) is 0.577. The monoisotopic (exact) mass is 346 g/mol. The van der Waals surface area contributed by atoms with Crippen molar-refractivity contribution < 1.29 is 4.74 Å². The van der Waals surface area contributed by atoms with Crippen molar-refractivity contribution in [1.82, 2.24) is 0 Å². The Kier molecular flexibility index (Phi) is 3.19. The highest BCUT2D eigenvalue weighted by Crippen LogP contribution is 2.28. The molecule has 0 aromatic heterocycles. The van der Waals surface area contributed by atoms with E-state index in [4.69, 9.17) is 4.74 Å². The number of halogens is 1. The summed E-state index contributed by atoms with van der Waals surface area (Å²) in [6.07, 6.45) is 0. The van der Waals surface area contributed by atoms with Gasteiger partial charge in [-0.25, -0.2) is 0 Å². The molecule has 0 bridgehead atoms. The van der Waals surface area contributed by atoms with Crippen molar-refractivity contribution in [2.75, 3.05) is 0 Å². The van der Waals surface area contributed by atoms with Crippen LogP contribution in [0.5, 0.6) is 11.5 Å². The van der Waals surface area contributed by atoms with E-state index in [9.17, 15) is 0 Å². The van der Waals surface area contributed by atoms with E-state index in [-0.39, 0.29) is 0 Å². The summed E-state index contributed by atoms with van der Waals surface area (Å²) in [6.45, 7) is 0. The number of hydrogen-bond acceptors (Lipinski definition) is 1. The lowest BCUT2D eigenvalue weighted by Crippen LogP contribution is -1.86. The number of fused-ring (bicyclic) bond motifs is 1. The summed E-state index contributed by atoms with van der Waals surface area (Å²) < 4.78 is 7.02. The van der Waals surface area contributed by atoms with Crippen molar-refractivity contribution in [3.05, 3.63) is 70.3 Å². The van der Waals surface area contributed by atoms with Crippen LogP contribution >= 0.6 is 22.6 Å². The van der Waals surface area contributed by atoms with Gasteiger partial charge in [0, 0.05) is 0 Å². The Morgan fingerprint density at radius 1 is 0.722 bits per heavy atom. The van der Waals surface area contributed by atoms with Crippen molar-refractivity contribution in [3.63, 3.8) is 0 Å². The van der Waals surface area contributed by atoms with E-state index >= 15 is 0 Å². The van der Waals surface area contributed by atoms with Crippen molar-refractivity contribution in [2.45, 2.75) is 0 Å². The van der Waals surface area contributed by atoms with Crippen LogP contribution in [-0.2, 0) is 0 Å². The molecule has 0 saturated carbocycles. The second-order valence-corrected chi connectivity index (χ2v) is 5.20. The summed E-state index contributed by atoms with van der Waals surface area (Å²) in [5.41, 5.74) is 0. The molecule has 88 valence electrons. The minimum atomic E-state index is 0.873. The zero-order valence-electron chi connectivity index (χ0n) is 9.64. The van der Waals surface area contributed by atoms with Gasteiger partial charge in [0.15, 0.2) is 0 Å². The molecular weight excluding hydrogens is 335 g/mol. The molecule has 0 fully saturated rings. The van der Waals surface area contributed by atoms with E-state index < -0.39 is 0 Å². The Labute approximate surface area is 120 Å². The fourth-order valence-corrected chi connectivity index (χ4v) is 2.38. The first-order valence-electron chi connectivity index (χ1n) is 5.74. The molecule has 0 N–H and O–H groups in total. The number of hydrogen-bond donors (Lipinski definition) is 0. The summed E-state index contributed by atoms with van der Waals surface area (Å²) in [7, 11) is 0. The molecule has 0 amide bonds. The molecule has 0 saturated heterocycles. The molecule has 0 aliphatic rings. The van der Waals surface area contributed by atoms with Crippen LogP contribution in [0.25, 0.3) is 10.8 Å². The fourth-order valence-electron chi connectivity index (χ4n) is 1.89. The highest BCUT2D eigenvalue weighted by Gasteiger charge is 2.02. The largest absolute Gasteiger partial charge is 0.456 e. The summed E-state index contributed by atoms with van der Waals surface area (Å²) in [6, 6.07) is 22.5. The van der Waals surface area contributed by atoms with E-state index in [0.29, 0.717) is 0 Å². The van der Waals surface area contributed by atoms with Crippen LogP contribution in [0, 0.1) is 3.57 Å². The molecule has 0 atom stereocenters. The number of rotatable bonds is 2. The van der Waals surface area contributed by atoms with Gasteiger partial charge in [-0.2, -0.15) is 0 Å². The maximum atomic E-state index is 5.91. The van der Waals surface area contributed by atoms with Gasteiger partial charge in [0.05, 0.1) is 3.57 Å². The lowest BCUT2D eigenvalue weighted by molar-refractivity contribution is 0.480. The Balaban J connectivity index is 1.98. The maximum absolute atomic E-state index is 5.91. The lowest BCUT2D eigenvalue weighted by Gasteiger charge is -2.08. The Bertz CT molecular complexity index is 691. The van der Waals surface area contributed by atoms with Crippen molar-refractivity contribution >= 4 is 33.4 Å². The van der Waals surface area contributed by atoms with Crippen molar-refractivity contribution in [2.24, 2.45) is 0 Å². The molecule has 0 aliphatic carbocycles. The van der Waals surface area contributed by atoms with Gasteiger partial charge in [-0.3, -0.25) is 0 Å². The number of para-hydroxylation sites is 1. The molecule has 0 heterocycles. The third-order valence-electron chi connectivity index (χ3n) is 2.79. The van der Waals surface area contributed by atoms with Crippen LogP contribution in [0.15, 0.2) is 66.7 Å². The average Bonchev–Trinajstić information content (AvgIpc) is 2.41. The zero-order chi connectivity index (χ0) is 12.4. The SMILES string of the molecule is Ic1ccccc1Oc1ccc2ccccc2c1. The standard InChI is InChI=1S/C16H11IO/c17-15-7-3-4-8-16(15)18-14-10-9-12-5-1-2-6-13(12)11-14/h1-11H. The summed E-state index contributed by atoms with van der Waals surface area (Å²) in [5, 5.41) is 2.42. The molecule has 3 aromatic carbocycles. The first-order chi connectivity index (χ1) is 8.83. The second-order valence-electron chi connectivity index (χ2n) is 4.04. The maximum Gasteiger partial charge on any atom is 0.140 e. The normalized spacial score (nSPS) is 10.5. The van der Waals surface area contributed by atoms with Gasteiger partial charge in [-0.1, -0.05) is 42.5 Å². The van der Waals surface area contributed by atoms with E-state index in [2.05, 4.69) is 46.9 Å². The highest BCUT2D eigenvalue weighted by atomic mass is 127. The van der Waals surface area contributed by atoms with Crippen LogP contribution in [0.4, 0.5) is 0 Å². The van der Waals surface area contributed by atoms with Crippen LogP contribution in [-0.4, -0.2) is 0 Å². The third-order valence-corrected chi connectivity index (χ3v) is 3.68. The molecule has 2 heteroatoms. The summed E-state index contributed by atoms with van der Waals surface area (Å²) >= 11 is 2.28. The topological polar surface area (TPSA) is 9.23 Å². The van der Waals surface area contributed by atoms with Gasteiger partial charge in [-0.15, -0.1) is 0 Å². The van der Waals surface area contributed by atoms with Gasteiger partial charge >= 0.3 is 0 Å². The minimum absolute atomic E-state index is 0.873.